The van der Waals surface area contributed by atoms with Crippen molar-refractivity contribution in [3.63, 3.8) is 0 Å². The van der Waals surface area contributed by atoms with Crippen molar-refractivity contribution in [1.82, 2.24) is 10.2 Å². The Morgan fingerprint density at radius 1 is 1.69 bits per heavy atom. The highest BCUT2D eigenvalue weighted by atomic mass is 32.2. The summed E-state index contributed by atoms with van der Waals surface area (Å²) < 4.78 is 0.292. The van der Waals surface area contributed by atoms with Crippen LogP contribution in [0.3, 0.4) is 0 Å². The van der Waals surface area contributed by atoms with E-state index in [-0.39, 0.29) is 0 Å². The molecule has 0 bridgehead atoms. The first-order chi connectivity index (χ1) is 6.11. The molecule has 2 heterocycles. The number of hydrogen-bond acceptors (Lipinski definition) is 3. The predicted molar refractivity (Wildman–Crippen MR) is 56.9 cm³/mol. The molecule has 2 rings (SSSR count). The third kappa shape index (κ3) is 1.43. The average molecular weight is 197 g/mol. The van der Waals surface area contributed by atoms with Crippen LogP contribution in [-0.4, -0.2) is 20.7 Å². The normalized spacial score (nSPS) is 26.5. The molecule has 1 atom stereocenters. The topological polar surface area (TPSA) is 54.7 Å². The highest BCUT2D eigenvalue weighted by Gasteiger charge is 2.38. The largest absolute Gasteiger partial charge is 0.396 e. The molecule has 1 fully saturated rings. The lowest BCUT2D eigenvalue weighted by Crippen LogP contribution is -2.21. The molecule has 0 aromatic carbocycles. The van der Waals surface area contributed by atoms with E-state index in [1.807, 2.05) is 11.8 Å². The first-order valence-corrected chi connectivity index (χ1v) is 5.52. The van der Waals surface area contributed by atoms with E-state index in [0.717, 1.165) is 11.4 Å². The minimum atomic E-state index is 0.292. The number of nitrogens with one attached hydrogen (secondary N) is 1. The van der Waals surface area contributed by atoms with E-state index < -0.39 is 0 Å². The number of nitrogen functional groups attached to an aromatic ring is 1. The summed E-state index contributed by atoms with van der Waals surface area (Å²) in [5.74, 6) is 1.75. The summed E-state index contributed by atoms with van der Waals surface area (Å²) in [6.07, 6.45) is 2.90. The molecule has 72 valence electrons. The van der Waals surface area contributed by atoms with Crippen LogP contribution in [0, 0.1) is 0 Å². The van der Waals surface area contributed by atoms with Crippen molar-refractivity contribution in [2.24, 2.45) is 0 Å². The highest BCUT2D eigenvalue weighted by Crippen LogP contribution is 2.48. The molecule has 13 heavy (non-hydrogen) atoms. The average Bonchev–Trinajstić information content (AvgIpc) is 2.56. The predicted octanol–water partition coefficient (Wildman–Crippen LogP) is 1.99. The van der Waals surface area contributed by atoms with Gasteiger partial charge >= 0.3 is 0 Å². The van der Waals surface area contributed by atoms with Crippen molar-refractivity contribution >= 4 is 17.4 Å². The Labute approximate surface area is 82.5 Å². The van der Waals surface area contributed by atoms with Crippen LogP contribution in [0.2, 0.25) is 0 Å². The molecule has 1 saturated heterocycles. The summed E-state index contributed by atoms with van der Waals surface area (Å²) >= 11 is 2.01. The van der Waals surface area contributed by atoms with Gasteiger partial charge in [0.2, 0.25) is 0 Å². The van der Waals surface area contributed by atoms with Crippen molar-refractivity contribution in [3.8, 4) is 0 Å². The second-order valence-corrected chi connectivity index (χ2v) is 5.78. The molecule has 0 saturated carbocycles. The quantitative estimate of drug-likeness (QED) is 0.724. The molecule has 1 unspecified atom stereocenters. The lowest BCUT2D eigenvalue weighted by atomic mass is 9.89. The van der Waals surface area contributed by atoms with Gasteiger partial charge in [-0.15, -0.1) is 0 Å². The smallest absolute Gasteiger partial charge is 0.0733 e. The van der Waals surface area contributed by atoms with E-state index in [9.17, 15) is 0 Å². The van der Waals surface area contributed by atoms with Gasteiger partial charge in [-0.25, -0.2) is 0 Å². The van der Waals surface area contributed by atoms with Crippen molar-refractivity contribution in [2.75, 3.05) is 11.5 Å². The first-order valence-electron chi connectivity index (χ1n) is 4.54. The van der Waals surface area contributed by atoms with Gasteiger partial charge in [-0.3, -0.25) is 5.10 Å². The van der Waals surface area contributed by atoms with E-state index in [1.165, 1.54) is 12.2 Å². The zero-order valence-electron chi connectivity index (χ0n) is 8.00. The van der Waals surface area contributed by atoms with E-state index in [2.05, 4.69) is 24.0 Å². The van der Waals surface area contributed by atoms with Gasteiger partial charge in [0.25, 0.3) is 0 Å². The molecule has 0 spiro atoms. The van der Waals surface area contributed by atoms with Crippen molar-refractivity contribution in [3.05, 3.63) is 11.9 Å². The van der Waals surface area contributed by atoms with E-state index in [0.29, 0.717) is 10.7 Å². The minimum Gasteiger partial charge on any atom is -0.396 e. The molecule has 0 radical (unpaired) electrons. The number of rotatable bonds is 1. The molecular formula is C9H15N3S. The summed E-state index contributed by atoms with van der Waals surface area (Å²) in [6.45, 7) is 4.55. The number of aromatic nitrogens is 2. The number of nitrogens with zero attached hydrogens (tertiary/aromatic N) is 1. The molecule has 1 aliphatic heterocycles. The minimum absolute atomic E-state index is 0.292. The Bertz CT molecular complexity index is 306. The molecule has 3 N–H and O–H groups in total. The number of anilines is 1. The molecule has 1 aromatic rings. The molecule has 1 aromatic heterocycles. The van der Waals surface area contributed by atoms with Gasteiger partial charge < -0.3 is 5.73 Å². The Morgan fingerprint density at radius 2 is 2.46 bits per heavy atom. The SMILES string of the molecule is CC1(C)SCCC1c1[nH]ncc1N. The van der Waals surface area contributed by atoms with E-state index in [1.54, 1.807) is 6.20 Å². The maximum atomic E-state index is 5.84. The molecule has 4 heteroatoms. The summed E-state index contributed by atoms with van der Waals surface area (Å²) in [6, 6.07) is 0. The maximum absolute atomic E-state index is 5.84. The number of nitrogens with two attached hydrogens (primary N) is 1. The number of hydrogen-bond donors (Lipinski definition) is 2. The summed E-state index contributed by atoms with van der Waals surface area (Å²) in [5.41, 5.74) is 7.76. The van der Waals surface area contributed by atoms with Gasteiger partial charge in [-0.2, -0.15) is 16.9 Å². The molecule has 1 aliphatic rings. The third-order valence-electron chi connectivity index (χ3n) is 2.77. The van der Waals surface area contributed by atoms with Crippen LogP contribution >= 0.6 is 11.8 Å². The van der Waals surface area contributed by atoms with Crippen LogP contribution < -0.4 is 5.73 Å². The fraction of sp³-hybridized carbons (Fsp3) is 0.667. The van der Waals surface area contributed by atoms with Crippen LogP contribution in [0.25, 0.3) is 0 Å². The Hall–Kier alpha value is -0.640. The highest BCUT2D eigenvalue weighted by molar-refractivity contribution is 8.00. The van der Waals surface area contributed by atoms with E-state index in [4.69, 9.17) is 5.73 Å². The molecule has 0 amide bonds. The summed E-state index contributed by atoms with van der Waals surface area (Å²) in [5, 5.41) is 6.99. The number of aromatic amines is 1. The fourth-order valence-electron chi connectivity index (χ4n) is 1.96. The van der Waals surface area contributed by atoms with Crippen LogP contribution in [0.15, 0.2) is 6.20 Å². The van der Waals surface area contributed by atoms with Gasteiger partial charge in [-0.1, -0.05) is 13.8 Å². The molecular weight excluding hydrogens is 182 g/mol. The van der Waals surface area contributed by atoms with Crippen LogP contribution in [0.1, 0.15) is 31.9 Å². The van der Waals surface area contributed by atoms with Crippen LogP contribution in [0.5, 0.6) is 0 Å². The van der Waals surface area contributed by atoms with Gasteiger partial charge in [0.15, 0.2) is 0 Å². The summed E-state index contributed by atoms with van der Waals surface area (Å²) in [4.78, 5) is 0. The first kappa shape index (κ1) is 8.94. The second kappa shape index (κ2) is 2.94. The van der Waals surface area contributed by atoms with Crippen molar-refractivity contribution in [2.45, 2.75) is 30.9 Å². The zero-order chi connectivity index (χ0) is 9.47. The third-order valence-corrected chi connectivity index (χ3v) is 4.24. The van der Waals surface area contributed by atoms with E-state index >= 15 is 0 Å². The standard InChI is InChI=1S/C9H15N3S/c1-9(2)6(3-4-13-9)8-7(10)5-11-12-8/h5-6H,3-4,10H2,1-2H3,(H,11,12). The number of H-pyrrole nitrogens is 1. The Kier molecular flexibility index (Phi) is 2.02. The van der Waals surface area contributed by atoms with Gasteiger partial charge in [0.1, 0.15) is 0 Å². The van der Waals surface area contributed by atoms with Gasteiger partial charge in [-0.05, 0) is 12.2 Å². The van der Waals surface area contributed by atoms with Crippen LogP contribution in [0.4, 0.5) is 5.69 Å². The van der Waals surface area contributed by atoms with Crippen molar-refractivity contribution < 1.29 is 0 Å². The fourth-order valence-corrected chi connectivity index (χ4v) is 3.28. The Balaban J connectivity index is 2.31. The van der Waals surface area contributed by atoms with Gasteiger partial charge in [0, 0.05) is 10.7 Å². The van der Waals surface area contributed by atoms with Crippen molar-refractivity contribution in [1.29, 1.82) is 0 Å². The second-order valence-electron chi connectivity index (χ2n) is 4.03. The lowest BCUT2D eigenvalue weighted by molar-refractivity contribution is 0.548. The summed E-state index contributed by atoms with van der Waals surface area (Å²) in [7, 11) is 0. The van der Waals surface area contributed by atoms with Crippen LogP contribution in [-0.2, 0) is 0 Å². The lowest BCUT2D eigenvalue weighted by Gasteiger charge is -2.25. The zero-order valence-corrected chi connectivity index (χ0v) is 8.82. The monoisotopic (exact) mass is 197 g/mol. The number of thioether (sulfide) groups is 1. The Morgan fingerprint density at radius 3 is 2.92 bits per heavy atom. The maximum Gasteiger partial charge on any atom is 0.0733 e. The molecule has 3 nitrogen and oxygen atoms in total. The molecule has 0 aliphatic carbocycles. The van der Waals surface area contributed by atoms with Gasteiger partial charge in [0.05, 0.1) is 17.6 Å².